The maximum absolute atomic E-state index is 11.1. The van der Waals surface area contributed by atoms with E-state index in [0.29, 0.717) is 16.6 Å². The fourth-order valence-corrected chi connectivity index (χ4v) is 1.69. The number of carbonyl (C=O) groups is 1. The lowest BCUT2D eigenvalue weighted by Gasteiger charge is -2.22. The average molecular weight is 261 g/mol. The van der Waals surface area contributed by atoms with Gasteiger partial charge in [-0.15, -0.1) is 0 Å². The smallest absolute Gasteiger partial charge is 0.237 e. The minimum Gasteiger partial charge on any atom is -0.368 e. The van der Waals surface area contributed by atoms with Crippen LogP contribution in [0.25, 0.3) is 0 Å². The molecule has 0 aliphatic rings. The molecule has 1 rings (SSSR count). The lowest BCUT2D eigenvalue weighted by molar-refractivity contribution is -0.123. The second-order valence-electron chi connectivity index (χ2n) is 4.12. The van der Waals surface area contributed by atoms with Crippen LogP contribution in [0.1, 0.15) is 19.4 Å². The molecule has 0 saturated heterocycles. The molecule has 88 valence electrons. The van der Waals surface area contributed by atoms with Crippen molar-refractivity contribution >= 4 is 29.1 Å². The van der Waals surface area contributed by atoms with Crippen LogP contribution in [-0.4, -0.2) is 11.4 Å². The summed E-state index contributed by atoms with van der Waals surface area (Å²) in [6.45, 7) is 3.93. The zero-order chi connectivity index (χ0) is 12.3. The molecule has 0 atom stereocenters. The number of hydrogen-bond acceptors (Lipinski definition) is 2. The van der Waals surface area contributed by atoms with Gasteiger partial charge in [-0.3, -0.25) is 10.1 Å². The first-order valence-electron chi connectivity index (χ1n) is 4.81. The minimum atomic E-state index is -0.755. The molecule has 0 bridgehead atoms. The van der Waals surface area contributed by atoms with Gasteiger partial charge >= 0.3 is 0 Å². The zero-order valence-corrected chi connectivity index (χ0v) is 10.7. The van der Waals surface area contributed by atoms with Gasteiger partial charge in [-0.05, 0) is 37.6 Å². The predicted octanol–water partition coefficient (Wildman–Crippen LogP) is 2.35. The lowest BCUT2D eigenvalue weighted by Crippen LogP contribution is -2.50. The Labute approximate surface area is 105 Å². The SMILES string of the molecule is CC(C)(NCc1cc(Cl)cc(Cl)c1)C(N)=O. The van der Waals surface area contributed by atoms with Crippen LogP contribution >= 0.6 is 23.2 Å². The minimum absolute atomic E-state index is 0.402. The molecule has 3 N–H and O–H groups in total. The molecule has 0 saturated carbocycles. The number of carbonyl (C=O) groups excluding carboxylic acids is 1. The van der Waals surface area contributed by atoms with Gasteiger partial charge in [-0.25, -0.2) is 0 Å². The number of primary amides is 1. The molecule has 16 heavy (non-hydrogen) atoms. The highest BCUT2D eigenvalue weighted by Gasteiger charge is 2.23. The fourth-order valence-electron chi connectivity index (χ4n) is 1.12. The van der Waals surface area contributed by atoms with Gasteiger partial charge in [0.2, 0.25) is 5.91 Å². The molecular weight excluding hydrogens is 247 g/mol. The number of nitrogens with one attached hydrogen (secondary N) is 1. The van der Waals surface area contributed by atoms with Crippen molar-refractivity contribution in [3.63, 3.8) is 0 Å². The highest BCUT2D eigenvalue weighted by Crippen LogP contribution is 2.19. The van der Waals surface area contributed by atoms with Gasteiger partial charge in [0.05, 0.1) is 5.54 Å². The van der Waals surface area contributed by atoms with Crippen LogP contribution in [0, 0.1) is 0 Å². The van der Waals surface area contributed by atoms with Gasteiger partial charge in [0.25, 0.3) is 0 Å². The van der Waals surface area contributed by atoms with Crippen LogP contribution < -0.4 is 11.1 Å². The highest BCUT2D eigenvalue weighted by atomic mass is 35.5. The van der Waals surface area contributed by atoms with E-state index < -0.39 is 11.4 Å². The van der Waals surface area contributed by atoms with E-state index in [2.05, 4.69) is 5.32 Å². The van der Waals surface area contributed by atoms with Crippen LogP contribution in [0.15, 0.2) is 18.2 Å². The second kappa shape index (κ2) is 5.04. The van der Waals surface area contributed by atoms with E-state index in [4.69, 9.17) is 28.9 Å². The first kappa shape index (κ1) is 13.3. The van der Waals surface area contributed by atoms with Crippen molar-refractivity contribution in [1.29, 1.82) is 0 Å². The summed E-state index contributed by atoms with van der Waals surface area (Å²) in [6.07, 6.45) is 0. The summed E-state index contributed by atoms with van der Waals surface area (Å²) in [4.78, 5) is 11.1. The molecule has 0 radical (unpaired) electrons. The fraction of sp³-hybridized carbons (Fsp3) is 0.364. The number of amides is 1. The van der Waals surface area contributed by atoms with Gasteiger partial charge in [0.15, 0.2) is 0 Å². The van der Waals surface area contributed by atoms with E-state index in [0.717, 1.165) is 5.56 Å². The summed E-state index contributed by atoms with van der Waals surface area (Å²) in [6, 6.07) is 5.24. The van der Waals surface area contributed by atoms with Crippen molar-refractivity contribution in [3.8, 4) is 0 Å². The van der Waals surface area contributed by atoms with Crippen molar-refractivity contribution < 1.29 is 4.79 Å². The third-order valence-electron chi connectivity index (χ3n) is 2.27. The summed E-state index contributed by atoms with van der Waals surface area (Å²) in [5, 5.41) is 4.18. The number of nitrogens with two attached hydrogens (primary N) is 1. The average Bonchev–Trinajstić information content (AvgIpc) is 2.13. The standard InChI is InChI=1S/C11H14Cl2N2O/c1-11(2,10(14)16)15-6-7-3-8(12)5-9(13)4-7/h3-5,15H,6H2,1-2H3,(H2,14,16). The van der Waals surface area contributed by atoms with Crippen LogP contribution in [0.4, 0.5) is 0 Å². The van der Waals surface area contributed by atoms with Gasteiger partial charge in [0, 0.05) is 16.6 Å². The Morgan fingerprint density at radius 1 is 1.31 bits per heavy atom. The van der Waals surface area contributed by atoms with Gasteiger partial charge in [-0.2, -0.15) is 0 Å². The molecule has 0 fully saturated rings. The van der Waals surface area contributed by atoms with Crippen molar-refractivity contribution in [2.75, 3.05) is 0 Å². The molecule has 0 aromatic heterocycles. The van der Waals surface area contributed by atoms with Crippen LogP contribution in [0.2, 0.25) is 10.0 Å². The van der Waals surface area contributed by atoms with E-state index in [1.165, 1.54) is 0 Å². The maximum atomic E-state index is 11.1. The Morgan fingerprint density at radius 3 is 2.25 bits per heavy atom. The van der Waals surface area contributed by atoms with E-state index in [1.54, 1.807) is 32.0 Å². The van der Waals surface area contributed by atoms with Gasteiger partial charge in [-0.1, -0.05) is 23.2 Å². The first-order valence-corrected chi connectivity index (χ1v) is 5.57. The molecule has 0 unspecified atom stereocenters. The molecule has 0 heterocycles. The number of rotatable bonds is 4. The largest absolute Gasteiger partial charge is 0.368 e. The Bertz CT molecular complexity index is 385. The maximum Gasteiger partial charge on any atom is 0.237 e. The highest BCUT2D eigenvalue weighted by molar-refractivity contribution is 6.34. The number of halogens is 2. The van der Waals surface area contributed by atoms with Gasteiger partial charge in [0.1, 0.15) is 0 Å². The summed E-state index contributed by atoms with van der Waals surface area (Å²) in [7, 11) is 0. The third kappa shape index (κ3) is 3.67. The van der Waals surface area contributed by atoms with Crippen LogP contribution in [0.5, 0.6) is 0 Å². The third-order valence-corrected chi connectivity index (χ3v) is 2.71. The Hall–Kier alpha value is -0.770. The summed E-state index contributed by atoms with van der Waals surface area (Å²) in [5.41, 5.74) is 5.39. The zero-order valence-electron chi connectivity index (χ0n) is 9.18. The van der Waals surface area contributed by atoms with Crippen molar-refractivity contribution in [2.24, 2.45) is 5.73 Å². The predicted molar refractivity (Wildman–Crippen MR) is 66.6 cm³/mol. The van der Waals surface area contributed by atoms with Crippen LogP contribution in [0.3, 0.4) is 0 Å². The molecule has 0 aliphatic carbocycles. The lowest BCUT2D eigenvalue weighted by atomic mass is 10.0. The van der Waals surface area contributed by atoms with E-state index in [1.807, 2.05) is 0 Å². The number of hydrogen-bond donors (Lipinski definition) is 2. The molecule has 1 amide bonds. The van der Waals surface area contributed by atoms with E-state index >= 15 is 0 Å². The molecular formula is C11H14Cl2N2O. The summed E-state index contributed by atoms with van der Waals surface area (Å²) >= 11 is 11.7. The normalized spacial score (nSPS) is 11.5. The molecule has 1 aromatic rings. The molecule has 0 spiro atoms. The van der Waals surface area contributed by atoms with Crippen molar-refractivity contribution in [2.45, 2.75) is 25.9 Å². The van der Waals surface area contributed by atoms with Gasteiger partial charge < -0.3 is 5.73 Å². The molecule has 0 aliphatic heterocycles. The Kier molecular flexibility index (Phi) is 4.19. The molecule has 1 aromatic carbocycles. The van der Waals surface area contributed by atoms with Crippen molar-refractivity contribution in [3.05, 3.63) is 33.8 Å². The molecule has 3 nitrogen and oxygen atoms in total. The van der Waals surface area contributed by atoms with E-state index in [-0.39, 0.29) is 0 Å². The van der Waals surface area contributed by atoms with E-state index in [9.17, 15) is 4.79 Å². The number of benzene rings is 1. The summed E-state index contributed by atoms with van der Waals surface area (Å²) < 4.78 is 0. The monoisotopic (exact) mass is 260 g/mol. The Balaban J connectivity index is 2.71. The van der Waals surface area contributed by atoms with Crippen molar-refractivity contribution in [1.82, 2.24) is 5.32 Å². The van der Waals surface area contributed by atoms with Crippen LogP contribution in [-0.2, 0) is 11.3 Å². The summed E-state index contributed by atoms with van der Waals surface area (Å²) in [5.74, 6) is -0.402. The Morgan fingerprint density at radius 2 is 1.81 bits per heavy atom. The topological polar surface area (TPSA) is 55.1 Å². The molecule has 5 heteroatoms. The quantitative estimate of drug-likeness (QED) is 0.874. The second-order valence-corrected chi connectivity index (χ2v) is 4.99. The first-order chi connectivity index (χ1) is 7.31.